The van der Waals surface area contributed by atoms with Gasteiger partial charge in [0.05, 0.1) is 16.7 Å². The van der Waals surface area contributed by atoms with Crippen LogP contribution in [0, 0.1) is 0 Å². The van der Waals surface area contributed by atoms with Gasteiger partial charge in [-0.2, -0.15) is 0 Å². The van der Waals surface area contributed by atoms with Crippen molar-refractivity contribution in [3.63, 3.8) is 0 Å². The maximum atomic E-state index is 12.6. The van der Waals surface area contributed by atoms with Crippen LogP contribution in [0.2, 0.25) is 10.0 Å². The number of unbranched alkanes of at least 4 members (excludes halogenated alkanes) is 2. The Bertz CT molecular complexity index is 651. The van der Waals surface area contributed by atoms with Gasteiger partial charge in [-0.15, -0.1) is 0 Å². The molecule has 1 saturated heterocycles. The summed E-state index contributed by atoms with van der Waals surface area (Å²) in [5.74, 6) is 0. The molecule has 0 aliphatic carbocycles. The van der Waals surface area contributed by atoms with Gasteiger partial charge in [-0.05, 0) is 56.3 Å². The molecule has 150 valence electrons. The quantitative estimate of drug-likeness (QED) is 0.540. The lowest BCUT2D eigenvalue weighted by Gasteiger charge is -2.29. The first-order valence-electron chi connectivity index (χ1n) is 9.51. The van der Waals surface area contributed by atoms with Crippen molar-refractivity contribution in [3.8, 4) is 0 Å². The van der Waals surface area contributed by atoms with Gasteiger partial charge in [0, 0.05) is 18.8 Å². The number of carbonyl (C=O) groups is 1. The molecule has 0 aromatic heterocycles. The van der Waals surface area contributed by atoms with Gasteiger partial charge in [-0.3, -0.25) is 9.80 Å². The molecule has 27 heavy (non-hydrogen) atoms. The zero-order valence-corrected chi connectivity index (χ0v) is 18.3. The summed E-state index contributed by atoms with van der Waals surface area (Å²) < 4.78 is 0. The Hall–Kier alpha value is -1.08. The summed E-state index contributed by atoms with van der Waals surface area (Å²) in [6, 6.07) is 4.78. The van der Waals surface area contributed by atoms with Crippen molar-refractivity contribution in [2.24, 2.45) is 0 Å². The Morgan fingerprint density at radius 3 is 2.41 bits per heavy atom. The van der Waals surface area contributed by atoms with E-state index >= 15 is 0 Å². The summed E-state index contributed by atoms with van der Waals surface area (Å²) in [6.07, 6.45) is 4.69. The van der Waals surface area contributed by atoms with Crippen molar-refractivity contribution >= 4 is 52.3 Å². The standard InChI is InChI=1S/C19H28Cl2N4OS/c1-3-5-9-23(10-6-4-2)14-24-11-12-25(19(24)27)18(26)22-15-7-8-16(20)17(21)13-15/h7-8,13H,3-6,9-12,14H2,1-2H3,(H,22,26). The number of rotatable bonds is 9. The number of nitrogens with zero attached hydrogens (tertiary/aromatic N) is 3. The SMILES string of the molecule is CCCCN(CCCC)CN1CCN(C(=O)Nc2ccc(Cl)c(Cl)c2)C1=S. The summed E-state index contributed by atoms with van der Waals surface area (Å²) >= 11 is 17.5. The van der Waals surface area contributed by atoms with Gasteiger partial charge >= 0.3 is 6.03 Å². The summed E-state index contributed by atoms with van der Waals surface area (Å²) in [5, 5.41) is 4.28. The van der Waals surface area contributed by atoms with Crippen molar-refractivity contribution in [1.82, 2.24) is 14.7 Å². The zero-order chi connectivity index (χ0) is 19.8. The van der Waals surface area contributed by atoms with Crippen molar-refractivity contribution in [2.75, 3.05) is 38.2 Å². The molecular formula is C19H28Cl2N4OS. The number of thiocarbonyl (C=S) groups is 1. The molecule has 0 unspecified atom stereocenters. The minimum absolute atomic E-state index is 0.241. The molecular weight excluding hydrogens is 403 g/mol. The van der Waals surface area contributed by atoms with Crippen LogP contribution >= 0.6 is 35.4 Å². The number of halogens is 2. The lowest BCUT2D eigenvalue weighted by Crippen LogP contribution is -2.43. The molecule has 1 aromatic rings. The molecule has 2 rings (SSSR count). The molecule has 1 aliphatic rings. The first-order chi connectivity index (χ1) is 13.0. The molecule has 0 radical (unpaired) electrons. The fourth-order valence-corrected chi connectivity index (χ4v) is 3.55. The van der Waals surface area contributed by atoms with Gasteiger partial charge in [0.25, 0.3) is 0 Å². The van der Waals surface area contributed by atoms with E-state index in [4.69, 9.17) is 35.4 Å². The monoisotopic (exact) mass is 430 g/mol. The highest BCUT2D eigenvalue weighted by Crippen LogP contribution is 2.25. The molecule has 0 spiro atoms. The fourth-order valence-electron chi connectivity index (χ4n) is 2.93. The van der Waals surface area contributed by atoms with Gasteiger partial charge in [0.15, 0.2) is 5.11 Å². The van der Waals surface area contributed by atoms with Crippen LogP contribution in [-0.4, -0.2) is 58.7 Å². The lowest BCUT2D eigenvalue weighted by atomic mass is 10.3. The number of hydrogen-bond acceptors (Lipinski definition) is 3. The second-order valence-corrected chi connectivity index (χ2v) is 7.90. The molecule has 1 aliphatic heterocycles. The van der Waals surface area contributed by atoms with Crippen LogP contribution in [0.3, 0.4) is 0 Å². The minimum atomic E-state index is -0.241. The molecule has 1 heterocycles. The Kier molecular flexibility index (Phi) is 9.09. The van der Waals surface area contributed by atoms with Crippen LogP contribution in [0.1, 0.15) is 39.5 Å². The summed E-state index contributed by atoms with van der Waals surface area (Å²) in [6.45, 7) is 8.64. The molecule has 2 amide bonds. The van der Waals surface area contributed by atoms with Crippen LogP contribution in [0.15, 0.2) is 18.2 Å². The number of carbonyl (C=O) groups excluding carboxylic acids is 1. The summed E-state index contributed by atoms with van der Waals surface area (Å²) in [7, 11) is 0. The first-order valence-corrected chi connectivity index (χ1v) is 10.7. The van der Waals surface area contributed by atoms with Crippen LogP contribution in [0.4, 0.5) is 10.5 Å². The van der Waals surface area contributed by atoms with E-state index in [0.29, 0.717) is 27.4 Å². The lowest BCUT2D eigenvalue weighted by molar-refractivity contribution is 0.191. The third-order valence-electron chi connectivity index (χ3n) is 4.54. The average molecular weight is 431 g/mol. The number of hydrogen-bond donors (Lipinski definition) is 1. The van der Waals surface area contributed by atoms with E-state index in [1.807, 2.05) is 0 Å². The van der Waals surface area contributed by atoms with Crippen LogP contribution in [0.25, 0.3) is 0 Å². The first kappa shape index (κ1) is 22.2. The smallest absolute Gasteiger partial charge is 0.328 e. The van der Waals surface area contributed by atoms with Crippen LogP contribution in [0.5, 0.6) is 0 Å². The average Bonchev–Trinajstić information content (AvgIpc) is 3.01. The summed E-state index contributed by atoms with van der Waals surface area (Å²) in [5.41, 5.74) is 0.600. The molecule has 5 nitrogen and oxygen atoms in total. The summed E-state index contributed by atoms with van der Waals surface area (Å²) in [4.78, 5) is 18.8. The third-order valence-corrected chi connectivity index (χ3v) is 5.76. The second kappa shape index (κ2) is 11.1. The normalized spacial score (nSPS) is 14.3. The molecule has 1 fully saturated rings. The highest BCUT2D eigenvalue weighted by molar-refractivity contribution is 7.80. The largest absolute Gasteiger partial charge is 0.334 e. The van der Waals surface area contributed by atoms with Gasteiger partial charge in [0.1, 0.15) is 0 Å². The van der Waals surface area contributed by atoms with Crippen molar-refractivity contribution < 1.29 is 4.79 Å². The van der Waals surface area contributed by atoms with Gasteiger partial charge in [0.2, 0.25) is 0 Å². The number of urea groups is 1. The molecule has 0 bridgehead atoms. The van der Waals surface area contributed by atoms with E-state index in [0.717, 1.165) is 26.3 Å². The van der Waals surface area contributed by atoms with E-state index in [1.54, 1.807) is 23.1 Å². The van der Waals surface area contributed by atoms with E-state index in [-0.39, 0.29) is 6.03 Å². The predicted octanol–water partition coefficient (Wildman–Crippen LogP) is 5.29. The minimum Gasteiger partial charge on any atom is -0.334 e. The molecule has 1 N–H and O–H groups in total. The van der Waals surface area contributed by atoms with Crippen LogP contribution < -0.4 is 5.32 Å². The second-order valence-electron chi connectivity index (χ2n) is 6.72. The Labute approximate surface area is 177 Å². The van der Waals surface area contributed by atoms with E-state index in [2.05, 4.69) is 29.0 Å². The van der Waals surface area contributed by atoms with E-state index in [9.17, 15) is 4.79 Å². The Balaban J connectivity index is 1.93. The fraction of sp³-hybridized carbons (Fsp3) is 0.579. The molecule has 1 aromatic carbocycles. The van der Waals surface area contributed by atoms with E-state index < -0.39 is 0 Å². The molecule has 8 heteroatoms. The van der Waals surface area contributed by atoms with Crippen molar-refractivity contribution in [3.05, 3.63) is 28.2 Å². The van der Waals surface area contributed by atoms with Gasteiger partial charge < -0.3 is 10.2 Å². The third kappa shape index (κ3) is 6.49. The van der Waals surface area contributed by atoms with Crippen molar-refractivity contribution in [2.45, 2.75) is 39.5 Å². The van der Waals surface area contributed by atoms with Gasteiger partial charge in [-0.25, -0.2) is 4.79 Å². The number of benzene rings is 1. The maximum absolute atomic E-state index is 12.6. The zero-order valence-electron chi connectivity index (χ0n) is 16.0. The van der Waals surface area contributed by atoms with E-state index in [1.165, 1.54) is 25.7 Å². The molecule has 0 saturated carbocycles. The predicted molar refractivity (Wildman–Crippen MR) is 118 cm³/mol. The highest BCUT2D eigenvalue weighted by atomic mass is 35.5. The van der Waals surface area contributed by atoms with Gasteiger partial charge in [-0.1, -0.05) is 49.9 Å². The number of amides is 2. The number of anilines is 1. The Morgan fingerprint density at radius 2 is 1.81 bits per heavy atom. The van der Waals surface area contributed by atoms with Crippen LogP contribution in [-0.2, 0) is 0 Å². The topological polar surface area (TPSA) is 38.8 Å². The van der Waals surface area contributed by atoms with Crippen molar-refractivity contribution in [1.29, 1.82) is 0 Å². The highest BCUT2D eigenvalue weighted by Gasteiger charge is 2.30. The molecule has 0 atom stereocenters. The number of nitrogens with one attached hydrogen (secondary N) is 1. The maximum Gasteiger partial charge on any atom is 0.328 e. The Morgan fingerprint density at radius 1 is 1.15 bits per heavy atom.